The number of nitrogens with zero attached hydrogens (tertiary/aromatic N) is 2. The van der Waals surface area contributed by atoms with E-state index in [1.807, 2.05) is 24.3 Å². The number of halogens is 1. The summed E-state index contributed by atoms with van der Waals surface area (Å²) in [5, 5.41) is 4.72. The Morgan fingerprint density at radius 3 is 2.58 bits per heavy atom. The summed E-state index contributed by atoms with van der Waals surface area (Å²) in [6.45, 7) is 2.13. The fraction of sp³-hybridized carbons (Fsp3) is 0.200. The van der Waals surface area contributed by atoms with Gasteiger partial charge in [-0.1, -0.05) is 34.5 Å². The summed E-state index contributed by atoms with van der Waals surface area (Å²) in [5.74, 6) is 1.20. The monoisotopic (exact) mass is 272 g/mol. The highest BCUT2D eigenvalue weighted by molar-refractivity contribution is 6.30. The average molecular weight is 273 g/mol. The summed E-state index contributed by atoms with van der Waals surface area (Å²) in [7, 11) is 0. The lowest BCUT2D eigenvalue weighted by Gasteiger charge is -2.07. The van der Waals surface area contributed by atoms with Crippen LogP contribution in [-0.4, -0.2) is 10.1 Å². The van der Waals surface area contributed by atoms with Gasteiger partial charge in [-0.25, -0.2) is 0 Å². The van der Waals surface area contributed by atoms with Crippen LogP contribution in [0.4, 0.5) is 0 Å². The molecule has 0 bridgehead atoms. The predicted molar refractivity (Wildman–Crippen MR) is 75.7 cm³/mol. The van der Waals surface area contributed by atoms with Crippen LogP contribution >= 0.6 is 11.6 Å². The third kappa shape index (κ3) is 2.61. The highest BCUT2D eigenvalue weighted by atomic mass is 35.5. The lowest BCUT2D eigenvalue weighted by Crippen LogP contribution is -1.91. The van der Waals surface area contributed by atoms with Gasteiger partial charge in [-0.15, -0.1) is 0 Å². The van der Waals surface area contributed by atoms with Gasteiger partial charge >= 0.3 is 0 Å². The Balaban J connectivity index is 1.89. The molecule has 19 heavy (non-hydrogen) atoms. The van der Waals surface area contributed by atoms with Crippen LogP contribution in [0.3, 0.4) is 0 Å². The van der Waals surface area contributed by atoms with Gasteiger partial charge in [-0.3, -0.25) is 0 Å². The zero-order valence-electron chi connectivity index (χ0n) is 10.6. The first-order valence-electron chi connectivity index (χ1n) is 6.19. The number of hydrogen-bond donors (Lipinski definition) is 0. The van der Waals surface area contributed by atoms with E-state index < -0.39 is 0 Å². The van der Waals surface area contributed by atoms with Crippen molar-refractivity contribution in [1.29, 1.82) is 0 Å². The van der Waals surface area contributed by atoms with E-state index in [2.05, 4.69) is 29.2 Å². The second kappa shape index (κ2) is 5.02. The molecular formula is C15H13ClN2O. The molecule has 0 unspecified atom stereocenters. The van der Waals surface area contributed by atoms with Crippen molar-refractivity contribution >= 4 is 17.2 Å². The van der Waals surface area contributed by atoms with Crippen LogP contribution in [-0.2, 0) is 0 Å². The Labute approximate surface area is 116 Å². The van der Waals surface area contributed by atoms with E-state index in [4.69, 9.17) is 16.1 Å². The Bertz CT molecular complexity index is 653. The first-order chi connectivity index (χ1) is 9.22. The van der Waals surface area contributed by atoms with E-state index in [-0.39, 0.29) is 0 Å². The van der Waals surface area contributed by atoms with Crippen LogP contribution in [0.15, 0.2) is 46.5 Å². The molecule has 0 aliphatic heterocycles. The summed E-state index contributed by atoms with van der Waals surface area (Å²) in [5.41, 5.74) is 3.38. The molecule has 1 aromatic heterocycles. The normalized spacial score (nSPS) is 15.1. The zero-order valence-corrected chi connectivity index (χ0v) is 11.3. The van der Waals surface area contributed by atoms with Crippen LogP contribution < -0.4 is 0 Å². The van der Waals surface area contributed by atoms with Crippen molar-refractivity contribution < 1.29 is 4.52 Å². The molecule has 3 rings (SSSR count). The van der Waals surface area contributed by atoms with E-state index >= 15 is 0 Å². The quantitative estimate of drug-likeness (QED) is 0.807. The van der Waals surface area contributed by atoms with Gasteiger partial charge in [0, 0.05) is 16.2 Å². The smallest absolute Gasteiger partial charge is 0.254 e. The third-order valence-electron chi connectivity index (χ3n) is 3.16. The minimum atomic E-state index is 0.596. The first-order valence-corrected chi connectivity index (χ1v) is 6.56. The SMILES string of the molecule is CC1=CC=C(c2nc(-c3ccc(Cl)cc3)no2)CC1. The van der Waals surface area contributed by atoms with Crippen LogP contribution in [0.5, 0.6) is 0 Å². The summed E-state index contributed by atoms with van der Waals surface area (Å²) < 4.78 is 5.33. The molecule has 96 valence electrons. The second-order valence-electron chi connectivity index (χ2n) is 4.63. The summed E-state index contributed by atoms with van der Waals surface area (Å²) >= 11 is 5.86. The molecule has 1 heterocycles. The molecule has 1 aliphatic rings. The van der Waals surface area contributed by atoms with Gasteiger partial charge < -0.3 is 4.52 Å². The Kier molecular flexibility index (Phi) is 3.22. The third-order valence-corrected chi connectivity index (χ3v) is 3.41. The van der Waals surface area contributed by atoms with Gasteiger partial charge in [-0.05, 0) is 44.0 Å². The van der Waals surface area contributed by atoms with Crippen molar-refractivity contribution in [2.75, 3.05) is 0 Å². The molecule has 1 aliphatic carbocycles. The minimum absolute atomic E-state index is 0.596. The molecule has 0 spiro atoms. The second-order valence-corrected chi connectivity index (χ2v) is 5.07. The van der Waals surface area contributed by atoms with Gasteiger partial charge in [0.25, 0.3) is 5.89 Å². The summed E-state index contributed by atoms with van der Waals surface area (Å²) in [6, 6.07) is 7.41. The fourth-order valence-corrected chi connectivity index (χ4v) is 2.12. The molecular weight excluding hydrogens is 260 g/mol. The van der Waals surface area contributed by atoms with Gasteiger partial charge in [0.15, 0.2) is 0 Å². The summed E-state index contributed by atoms with van der Waals surface area (Å²) in [6.07, 6.45) is 6.15. The average Bonchev–Trinajstić information content (AvgIpc) is 2.90. The maximum atomic E-state index is 5.86. The Hall–Kier alpha value is -1.87. The lowest BCUT2D eigenvalue weighted by atomic mass is 10.00. The first kappa shape index (κ1) is 12.2. The molecule has 0 amide bonds. The molecule has 0 saturated carbocycles. The zero-order chi connectivity index (χ0) is 13.2. The van der Waals surface area contributed by atoms with Gasteiger partial charge in [-0.2, -0.15) is 4.98 Å². The standard InChI is InChI=1S/C15H13ClN2O/c1-10-2-4-12(5-3-10)15-17-14(18-19-15)11-6-8-13(16)9-7-11/h2,4,6-9H,3,5H2,1H3. The molecule has 0 saturated heterocycles. The van der Waals surface area contributed by atoms with Crippen LogP contribution in [0.1, 0.15) is 25.7 Å². The van der Waals surface area contributed by atoms with Crippen LogP contribution in [0.2, 0.25) is 5.02 Å². The molecule has 1 aromatic carbocycles. The van der Waals surface area contributed by atoms with E-state index in [0.29, 0.717) is 16.7 Å². The van der Waals surface area contributed by atoms with Crippen molar-refractivity contribution in [3.8, 4) is 11.4 Å². The Morgan fingerprint density at radius 2 is 1.89 bits per heavy atom. The van der Waals surface area contributed by atoms with Crippen molar-refractivity contribution in [2.24, 2.45) is 0 Å². The highest BCUT2D eigenvalue weighted by Crippen LogP contribution is 2.27. The molecule has 0 N–H and O–H groups in total. The van der Waals surface area contributed by atoms with Crippen LogP contribution in [0.25, 0.3) is 17.0 Å². The van der Waals surface area contributed by atoms with E-state index in [0.717, 1.165) is 24.0 Å². The lowest BCUT2D eigenvalue weighted by molar-refractivity contribution is 0.406. The molecule has 4 heteroatoms. The predicted octanol–water partition coefficient (Wildman–Crippen LogP) is 4.51. The molecule has 0 radical (unpaired) electrons. The largest absolute Gasteiger partial charge is 0.334 e. The van der Waals surface area contributed by atoms with Gasteiger partial charge in [0.2, 0.25) is 5.82 Å². The van der Waals surface area contributed by atoms with E-state index in [9.17, 15) is 0 Å². The number of rotatable bonds is 2. The van der Waals surface area contributed by atoms with Gasteiger partial charge in [0.05, 0.1) is 0 Å². The van der Waals surface area contributed by atoms with Crippen molar-refractivity contribution in [3.63, 3.8) is 0 Å². The van der Waals surface area contributed by atoms with Crippen molar-refractivity contribution in [1.82, 2.24) is 10.1 Å². The number of aromatic nitrogens is 2. The van der Waals surface area contributed by atoms with E-state index in [1.54, 1.807) is 0 Å². The maximum absolute atomic E-state index is 5.86. The van der Waals surface area contributed by atoms with Crippen LogP contribution in [0, 0.1) is 0 Å². The fourth-order valence-electron chi connectivity index (χ4n) is 1.99. The molecule has 2 aromatic rings. The maximum Gasteiger partial charge on any atom is 0.254 e. The number of benzene rings is 1. The van der Waals surface area contributed by atoms with Crippen molar-refractivity contribution in [3.05, 3.63) is 52.9 Å². The van der Waals surface area contributed by atoms with Crippen molar-refractivity contribution in [2.45, 2.75) is 19.8 Å². The number of hydrogen-bond acceptors (Lipinski definition) is 3. The summed E-state index contributed by atoms with van der Waals surface area (Å²) in [4.78, 5) is 4.44. The minimum Gasteiger partial charge on any atom is -0.334 e. The topological polar surface area (TPSA) is 38.9 Å². The molecule has 0 atom stereocenters. The highest BCUT2D eigenvalue weighted by Gasteiger charge is 2.14. The molecule has 3 nitrogen and oxygen atoms in total. The molecule has 0 fully saturated rings. The van der Waals surface area contributed by atoms with E-state index in [1.165, 1.54) is 5.57 Å². The number of allylic oxidation sites excluding steroid dienone is 4. The Morgan fingerprint density at radius 1 is 1.11 bits per heavy atom. The van der Waals surface area contributed by atoms with Gasteiger partial charge in [0.1, 0.15) is 0 Å².